The van der Waals surface area contributed by atoms with Crippen LogP contribution in [0, 0.1) is 45.3 Å². The third kappa shape index (κ3) is 4.77. The third-order valence-corrected chi connectivity index (χ3v) is 7.97. The van der Waals surface area contributed by atoms with Crippen LogP contribution < -0.4 is 29.6 Å². The van der Waals surface area contributed by atoms with Gasteiger partial charge in [-0.15, -0.1) is 22.7 Å². The fourth-order valence-electron chi connectivity index (χ4n) is 3.72. The van der Waals surface area contributed by atoms with Crippen molar-refractivity contribution in [3.63, 3.8) is 0 Å². The molecule has 4 N–H and O–H groups in total. The Balaban J connectivity index is 2.01. The molecule has 2 heterocycles. The van der Waals surface area contributed by atoms with E-state index in [1.165, 1.54) is 22.7 Å². The first kappa shape index (κ1) is 26.2. The van der Waals surface area contributed by atoms with Crippen molar-refractivity contribution in [3.8, 4) is 24.3 Å². The van der Waals surface area contributed by atoms with Crippen molar-refractivity contribution in [1.29, 1.82) is 21.0 Å². The van der Waals surface area contributed by atoms with Gasteiger partial charge < -0.3 is 11.5 Å². The van der Waals surface area contributed by atoms with Crippen LogP contribution in [0.15, 0.2) is 45.1 Å². The molecule has 4 aromatic rings. The highest BCUT2D eigenvalue weighted by Gasteiger charge is 2.17. The molecule has 0 aliphatic carbocycles. The number of rotatable bonds is 4. The van der Waals surface area contributed by atoms with Crippen molar-refractivity contribution in [2.75, 3.05) is 11.5 Å². The van der Waals surface area contributed by atoms with Crippen LogP contribution in [0.2, 0.25) is 0 Å². The Kier molecular flexibility index (Phi) is 7.64. The van der Waals surface area contributed by atoms with Crippen LogP contribution in [0.3, 0.4) is 0 Å². The molecule has 180 valence electrons. The molecule has 8 nitrogen and oxygen atoms in total. The van der Waals surface area contributed by atoms with Crippen molar-refractivity contribution in [2.24, 2.45) is 8.73 Å². The Bertz CT molecular complexity index is 1910. The molecule has 0 saturated heterocycles. The predicted molar refractivity (Wildman–Crippen MR) is 155 cm³/mol. The van der Waals surface area contributed by atoms with Crippen LogP contribution in [0.25, 0.3) is 34.1 Å². The first-order chi connectivity index (χ1) is 18.4. The maximum atomic E-state index is 9.14. The Morgan fingerprint density at radius 3 is 1.37 bits per heavy atom. The van der Waals surface area contributed by atoms with Crippen LogP contribution in [0.5, 0.6) is 0 Å². The lowest BCUT2D eigenvalue weighted by Gasteiger charge is -2.13. The van der Waals surface area contributed by atoms with Crippen molar-refractivity contribution in [2.45, 2.75) is 0 Å². The summed E-state index contributed by atoms with van der Waals surface area (Å²) in [6.07, 6.45) is 3.60. The van der Waals surface area contributed by atoms with Gasteiger partial charge in [-0.2, -0.15) is 29.8 Å². The Labute approximate surface area is 234 Å². The number of fused-ring (bicyclic) bond motifs is 1. The van der Waals surface area contributed by atoms with E-state index in [2.05, 4.69) is 8.73 Å². The molecule has 0 unspecified atom stereocenters. The second kappa shape index (κ2) is 11.1. The molecule has 2 aromatic heterocycles. The maximum Gasteiger partial charge on any atom is 0.146 e. The number of hydrogen-bond donors (Lipinski definition) is 2. The van der Waals surface area contributed by atoms with Gasteiger partial charge in [-0.05, 0) is 48.6 Å². The average Bonchev–Trinajstić information content (AvgIpc) is 3.57. The van der Waals surface area contributed by atoms with Gasteiger partial charge in [0.1, 0.15) is 46.8 Å². The summed E-state index contributed by atoms with van der Waals surface area (Å²) in [6, 6.07) is 18.1. The molecular formula is C26H12N8S4. The first-order valence-electron chi connectivity index (χ1n) is 10.5. The van der Waals surface area contributed by atoms with Gasteiger partial charge in [0.2, 0.25) is 0 Å². The van der Waals surface area contributed by atoms with Gasteiger partial charge in [-0.3, -0.25) is 0 Å². The van der Waals surface area contributed by atoms with Crippen molar-refractivity contribution < 1.29 is 0 Å². The molecule has 0 spiro atoms. The molecule has 0 aliphatic heterocycles. The monoisotopic (exact) mass is 564 g/mol. The smallest absolute Gasteiger partial charge is 0.146 e. The molecule has 0 atom stereocenters. The minimum absolute atomic E-state index is 0.0263. The number of nitrogens with two attached hydrogens (primary N) is 2. The normalized spacial score (nSPS) is 11.3. The summed E-state index contributed by atoms with van der Waals surface area (Å²) in [6.45, 7) is 0. The van der Waals surface area contributed by atoms with Crippen LogP contribution in [-0.2, 0) is 24.9 Å². The number of nitrogen functional groups attached to an aromatic ring is 2. The molecule has 0 amide bonds. The van der Waals surface area contributed by atoms with E-state index in [1.54, 1.807) is 48.6 Å². The lowest BCUT2D eigenvalue weighted by atomic mass is 9.97. The van der Waals surface area contributed by atoms with Crippen LogP contribution in [-0.4, -0.2) is 0 Å². The summed E-state index contributed by atoms with van der Waals surface area (Å²) < 4.78 is 10.6. The Morgan fingerprint density at radius 2 is 1.05 bits per heavy atom. The van der Waals surface area contributed by atoms with E-state index in [1.807, 2.05) is 24.3 Å². The van der Waals surface area contributed by atoms with E-state index in [9.17, 15) is 0 Å². The van der Waals surface area contributed by atoms with Crippen molar-refractivity contribution in [3.05, 3.63) is 65.7 Å². The summed E-state index contributed by atoms with van der Waals surface area (Å²) in [5.41, 5.74) is 15.6. The molecule has 2 aromatic carbocycles. The quantitative estimate of drug-likeness (QED) is 0.356. The molecule has 12 heteroatoms. The summed E-state index contributed by atoms with van der Waals surface area (Å²) in [7, 11) is 0. The van der Waals surface area contributed by atoms with E-state index >= 15 is 0 Å². The topological polar surface area (TPSA) is 172 Å². The summed E-state index contributed by atoms with van der Waals surface area (Å²) >= 11 is 12.7. The highest BCUT2D eigenvalue weighted by Crippen LogP contribution is 2.43. The Hall–Kier alpha value is -4.82. The number of anilines is 2. The molecule has 0 fully saturated rings. The molecule has 0 saturated carbocycles. The van der Waals surface area contributed by atoms with E-state index in [-0.39, 0.29) is 11.1 Å². The zero-order chi connectivity index (χ0) is 27.4. The fourth-order valence-corrected chi connectivity index (χ4v) is 5.92. The van der Waals surface area contributed by atoms with Gasteiger partial charge in [0.25, 0.3) is 0 Å². The number of hydrogen-bond acceptors (Lipinski definition) is 12. The highest BCUT2D eigenvalue weighted by atomic mass is 32.1. The van der Waals surface area contributed by atoms with E-state index in [4.69, 9.17) is 57.4 Å². The number of nitrogens with zero attached hydrogens (tertiary/aromatic N) is 6. The van der Waals surface area contributed by atoms with Crippen molar-refractivity contribution >= 4 is 104 Å². The third-order valence-electron chi connectivity index (χ3n) is 5.50. The molecule has 0 bridgehead atoms. The molecule has 4 rings (SSSR count). The second-order valence-corrected chi connectivity index (χ2v) is 10.2. The van der Waals surface area contributed by atoms with Gasteiger partial charge in [0.05, 0.1) is 20.4 Å². The molecule has 0 radical (unpaired) electrons. The lowest BCUT2D eigenvalue weighted by Crippen LogP contribution is -2.01. The number of thiophene rings is 2. The SMILES string of the molecule is N#CC(C#N)=c1cc/c(=C\c2cc3c(N=S)c(N)c(/C=c4\ccc(=C(C#N)C#N)s4)cc3c(N=S)c2N)s1. The lowest BCUT2D eigenvalue weighted by molar-refractivity contribution is 1.51. The molecule has 38 heavy (non-hydrogen) atoms. The van der Waals surface area contributed by atoms with Gasteiger partial charge in [0.15, 0.2) is 0 Å². The molecule has 0 aliphatic rings. The largest absolute Gasteiger partial charge is 0.396 e. The van der Waals surface area contributed by atoms with Crippen LogP contribution in [0.1, 0.15) is 11.1 Å². The number of benzene rings is 2. The summed E-state index contributed by atoms with van der Waals surface area (Å²) in [4.78, 5) is 0. The fraction of sp³-hybridized carbons (Fsp3) is 0. The van der Waals surface area contributed by atoms with Gasteiger partial charge in [-0.25, -0.2) is 0 Å². The minimum Gasteiger partial charge on any atom is -0.396 e. The summed E-state index contributed by atoms with van der Waals surface area (Å²) in [5, 5.41) is 37.8. The van der Waals surface area contributed by atoms with Crippen LogP contribution >= 0.6 is 22.7 Å². The second-order valence-electron chi connectivity index (χ2n) is 7.62. The zero-order valence-electron chi connectivity index (χ0n) is 19.1. The first-order valence-corrected chi connectivity index (χ1v) is 12.8. The highest BCUT2D eigenvalue weighted by molar-refractivity contribution is 7.47. The van der Waals surface area contributed by atoms with Gasteiger partial charge in [-0.1, -0.05) is 0 Å². The minimum atomic E-state index is 0.0263. The molecular weight excluding hydrogens is 553 g/mol. The van der Waals surface area contributed by atoms with E-state index in [0.29, 0.717) is 53.7 Å². The van der Waals surface area contributed by atoms with E-state index in [0.717, 1.165) is 9.06 Å². The number of nitriles is 4. The van der Waals surface area contributed by atoms with Gasteiger partial charge >= 0.3 is 0 Å². The van der Waals surface area contributed by atoms with Crippen molar-refractivity contribution in [1.82, 2.24) is 0 Å². The van der Waals surface area contributed by atoms with E-state index < -0.39 is 0 Å². The Morgan fingerprint density at radius 1 is 0.684 bits per heavy atom. The maximum absolute atomic E-state index is 9.14. The summed E-state index contributed by atoms with van der Waals surface area (Å²) in [5.74, 6) is 0. The predicted octanol–water partition coefficient (Wildman–Crippen LogP) is 2.90. The standard InChI is InChI=1S/C26H12N8S4/c27-9-15(10-28)21-3-1-17(37-21)5-13-7-19-20(25(33-35)23(13)31)8-14(24(32)26(19)34-36)6-18-2-4-22(38-18)16(11-29)12-30/h1-8H,31-32H2/b17-5+,18-6+. The zero-order valence-corrected chi connectivity index (χ0v) is 22.4. The van der Waals surface area contributed by atoms with Gasteiger partial charge in [0, 0.05) is 55.8 Å². The van der Waals surface area contributed by atoms with Crippen LogP contribution in [0.4, 0.5) is 22.7 Å². The average molecular weight is 565 g/mol.